The van der Waals surface area contributed by atoms with Gasteiger partial charge in [0.05, 0.1) is 0 Å². The molecule has 0 bridgehead atoms. The molecule has 1 aliphatic heterocycles. The standard InChI is InChI=1S/C15H19NO3S/c1-10(11-5-3-2-4-6-11)16-15(17)14-13-12(9-20-14)18-7-8-19-13/h5,9-10H,2-4,6-8H2,1H3,(H,16,17)/t10-/m1/s1. The van der Waals surface area contributed by atoms with E-state index in [1.807, 2.05) is 12.3 Å². The summed E-state index contributed by atoms with van der Waals surface area (Å²) in [4.78, 5) is 13.0. The quantitative estimate of drug-likeness (QED) is 0.871. The number of hydrogen-bond donors (Lipinski definition) is 1. The van der Waals surface area contributed by atoms with Crippen LogP contribution in [-0.2, 0) is 0 Å². The van der Waals surface area contributed by atoms with Crippen LogP contribution < -0.4 is 14.8 Å². The van der Waals surface area contributed by atoms with Crippen molar-refractivity contribution in [1.29, 1.82) is 0 Å². The van der Waals surface area contributed by atoms with Gasteiger partial charge < -0.3 is 14.8 Å². The fraction of sp³-hybridized carbons (Fsp3) is 0.533. The molecule has 0 saturated carbocycles. The van der Waals surface area contributed by atoms with Crippen LogP contribution >= 0.6 is 11.3 Å². The third-order valence-corrected chi connectivity index (χ3v) is 4.68. The molecule has 20 heavy (non-hydrogen) atoms. The average molecular weight is 293 g/mol. The summed E-state index contributed by atoms with van der Waals surface area (Å²) in [5, 5.41) is 4.91. The number of ether oxygens (including phenoxy) is 2. The van der Waals surface area contributed by atoms with E-state index in [1.165, 1.54) is 29.8 Å². The first kappa shape index (κ1) is 13.5. The summed E-state index contributed by atoms with van der Waals surface area (Å²) in [6.07, 6.45) is 6.95. The molecule has 1 aromatic rings. The monoisotopic (exact) mass is 293 g/mol. The van der Waals surface area contributed by atoms with Gasteiger partial charge in [-0.3, -0.25) is 4.79 Å². The van der Waals surface area contributed by atoms with E-state index in [0.29, 0.717) is 29.6 Å². The van der Waals surface area contributed by atoms with E-state index in [2.05, 4.69) is 11.4 Å². The van der Waals surface area contributed by atoms with Crippen molar-refractivity contribution in [1.82, 2.24) is 5.32 Å². The maximum absolute atomic E-state index is 12.4. The van der Waals surface area contributed by atoms with Gasteiger partial charge in [-0.05, 0) is 32.6 Å². The van der Waals surface area contributed by atoms with Gasteiger partial charge in [0.25, 0.3) is 5.91 Å². The van der Waals surface area contributed by atoms with Gasteiger partial charge in [0.2, 0.25) is 0 Å². The third kappa shape index (κ3) is 2.68. The molecule has 0 aromatic carbocycles. The lowest BCUT2D eigenvalue weighted by molar-refractivity contribution is 0.0939. The molecule has 1 atom stereocenters. The molecule has 5 heteroatoms. The zero-order valence-electron chi connectivity index (χ0n) is 11.6. The first-order valence-electron chi connectivity index (χ1n) is 7.12. The fourth-order valence-corrected chi connectivity index (χ4v) is 3.46. The van der Waals surface area contributed by atoms with Gasteiger partial charge in [0, 0.05) is 11.4 Å². The molecule has 4 nitrogen and oxygen atoms in total. The van der Waals surface area contributed by atoms with Gasteiger partial charge in [-0.2, -0.15) is 0 Å². The predicted octanol–water partition coefficient (Wildman–Crippen LogP) is 3.14. The summed E-state index contributed by atoms with van der Waals surface area (Å²) in [5.41, 5.74) is 1.34. The maximum atomic E-state index is 12.4. The summed E-state index contributed by atoms with van der Waals surface area (Å²) >= 11 is 1.38. The van der Waals surface area contributed by atoms with Crippen molar-refractivity contribution in [3.05, 3.63) is 21.9 Å². The predicted molar refractivity (Wildman–Crippen MR) is 78.8 cm³/mol. The number of carbonyl (C=O) groups is 1. The number of carbonyl (C=O) groups excluding carboxylic acids is 1. The lowest BCUT2D eigenvalue weighted by atomic mass is 9.95. The van der Waals surface area contributed by atoms with Gasteiger partial charge in [-0.25, -0.2) is 0 Å². The molecule has 2 heterocycles. The number of nitrogens with one attached hydrogen (secondary N) is 1. The van der Waals surface area contributed by atoms with Crippen LogP contribution in [0.4, 0.5) is 0 Å². The van der Waals surface area contributed by atoms with E-state index < -0.39 is 0 Å². The van der Waals surface area contributed by atoms with Gasteiger partial charge in [-0.15, -0.1) is 11.3 Å². The van der Waals surface area contributed by atoms with Gasteiger partial charge in [0.1, 0.15) is 18.1 Å². The molecule has 1 amide bonds. The highest BCUT2D eigenvalue weighted by atomic mass is 32.1. The number of amides is 1. The normalized spacial score (nSPS) is 19.1. The van der Waals surface area contributed by atoms with Crippen molar-refractivity contribution in [2.45, 2.75) is 38.6 Å². The molecule has 2 aliphatic rings. The van der Waals surface area contributed by atoms with Crippen LogP contribution in [0.15, 0.2) is 17.0 Å². The van der Waals surface area contributed by atoms with Crippen LogP contribution in [0.3, 0.4) is 0 Å². The number of rotatable bonds is 3. The van der Waals surface area contributed by atoms with Crippen molar-refractivity contribution >= 4 is 17.2 Å². The van der Waals surface area contributed by atoms with E-state index in [1.54, 1.807) is 0 Å². The molecule has 0 fully saturated rings. The van der Waals surface area contributed by atoms with Crippen molar-refractivity contribution in [3.63, 3.8) is 0 Å². The Labute approximate surface area is 122 Å². The van der Waals surface area contributed by atoms with E-state index in [0.717, 1.165) is 12.8 Å². The third-order valence-electron chi connectivity index (χ3n) is 3.74. The number of thiophene rings is 1. The van der Waals surface area contributed by atoms with Gasteiger partial charge in [0.15, 0.2) is 11.5 Å². The maximum Gasteiger partial charge on any atom is 0.265 e. The van der Waals surface area contributed by atoms with Crippen LogP contribution in [0.2, 0.25) is 0 Å². The van der Waals surface area contributed by atoms with Crippen LogP contribution in [0.1, 0.15) is 42.3 Å². The second-order valence-corrected chi connectivity index (χ2v) is 6.05. The Kier molecular flexibility index (Phi) is 3.96. The highest BCUT2D eigenvalue weighted by Crippen LogP contribution is 2.39. The summed E-state index contributed by atoms with van der Waals surface area (Å²) in [6, 6.07) is 0.0880. The number of fused-ring (bicyclic) bond motifs is 1. The second-order valence-electron chi connectivity index (χ2n) is 5.18. The Bertz CT molecular complexity index is 535. The molecule has 0 saturated heterocycles. The molecule has 3 rings (SSSR count). The molecule has 108 valence electrons. The summed E-state index contributed by atoms with van der Waals surface area (Å²) in [5.74, 6) is 1.22. The van der Waals surface area contributed by atoms with Crippen molar-refractivity contribution in [2.24, 2.45) is 0 Å². The van der Waals surface area contributed by atoms with E-state index in [9.17, 15) is 4.79 Å². The highest BCUT2D eigenvalue weighted by molar-refractivity contribution is 7.12. The van der Waals surface area contributed by atoms with Crippen LogP contribution in [0.5, 0.6) is 11.5 Å². The topological polar surface area (TPSA) is 47.6 Å². The van der Waals surface area contributed by atoms with Crippen LogP contribution in [-0.4, -0.2) is 25.2 Å². The number of hydrogen-bond acceptors (Lipinski definition) is 4. The minimum Gasteiger partial charge on any atom is -0.485 e. The Morgan fingerprint density at radius 2 is 2.20 bits per heavy atom. The summed E-state index contributed by atoms with van der Waals surface area (Å²) in [7, 11) is 0. The first-order chi connectivity index (χ1) is 9.75. The van der Waals surface area contributed by atoms with Crippen molar-refractivity contribution in [2.75, 3.05) is 13.2 Å². The minimum absolute atomic E-state index is 0.0688. The highest BCUT2D eigenvalue weighted by Gasteiger charge is 2.25. The molecule has 1 aromatic heterocycles. The Balaban J connectivity index is 1.70. The Hall–Kier alpha value is -1.49. The first-order valence-corrected chi connectivity index (χ1v) is 8.00. The molecular formula is C15H19NO3S. The summed E-state index contributed by atoms with van der Waals surface area (Å²) in [6.45, 7) is 3.10. The van der Waals surface area contributed by atoms with Crippen molar-refractivity contribution in [3.8, 4) is 11.5 Å². The fourth-order valence-electron chi connectivity index (χ4n) is 2.63. The van der Waals surface area contributed by atoms with Gasteiger partial charge in [-0.1, -0.05) is 11.6 Å². The second kappa shape index (κ2) is 5.87. The Morgan fingerprint density at radius 1 is 1.35 bits per heavy atom. The minimum atomic E-state index is -0.0688. The largest absolute Gasteiger partial charge is 0.485 e. The van der Waals surface area contributed by atoms with E-state index in [4.69, 9.17) is 9.47 Å². The molecule has 0 unspecified atom stereocenters. The summed E-state index contributed by atoms with van der Waals surface area (Å²) < 4.78 is 11.0. The molecule has 1 aliphatic carbocycles. The zero-order chi connectivity index (χ0) is 13.9. The molecule has 1 N–H and O–H groups in total. The van der Waals surface area contributed by atoms with Crippen LogP contribution in [0.25, 0.3) is 0 Å². The smallest absolute Gasteiger partial charge is 0.265 e. The molecule has 0 spiro atoms. The van der Waals surface area contributed by atoms with Crippen molar-refractivity contribution < 1.29 is 14.3 Å². The Morgan fingerprint density at radius 3 is 3.00 bits per heavy atom. The SMILES string of the molecule is C[C@@H](NC(=O)c1scc2c1OCCO2)C1=CCCCC1. The molecule has 0 radical (unpaired) electrons. The lowest BCUT2D eigenvalue weighted by Gasteiger charge is -2.21. The van der Waals surface area contributed by atoms with E-state index in [-0.39, 0.29) is 11.9 Å². The molecular weight excluding hydrogens is 274 g/mol. The van der Waals surface area contributed by atoms with E-state index >= 15 is 0 Å². The number of allylic oxidation sites excluding steroid dienone is 1. The average Bonchev–Trinajstić information content (AvgIpc) is 2.92. The van der Waals surface area contributed by atoms with Gasteiger partial charge >= 0.3 is 0 Å². The zero-order valence-corrected chi connectivity index (χ0v) is 12.4. The van der Waals surface area contributed by atoms with Crippen LogP contribution in [0, 0.1) is 0 Å². The lowest BCUT2D eigenvalue weighted by Crippen LogP contribution is -2.34.